The van der Waals surface area contributed by atoms with E-state index in [1.807, 2.05) is 66.4 Å². The molecule has 3 aromatic rings. The highest BCUT2D eigenvalue weighted by Gasteiger charge is 2.29. The van der Waals surface area contributed by atoms with Gasteiger partial charge in [0.2, 0.25) is 5.91 Å². The van der Waals surface area contributed by atoms with E-state index >= 15 is 0 Å². The molecule has 0 aliphatic heterocycles. The van der Waals surface area contributed by atoms with Crippen LogP contribution in [-0.4, -0.2) is 26.7 Å². The lowest BCUT2D eigenvalue weighted by atomic mass is 10.0. The van der Waals surface area contributed by atoms with Crippen LogP contribution in [0, 0.1) is 0 Å². The van der Waals surface area contributed by atoms with Crippen molar-refractivity contribution in [3.8, 4) is 0 Å². The molecule has 6 heteroatoms. The zero-order valence-corrected chi connectivity index (χ0v) is 17.8. The molecule has 4 rings (SSSR count). The van der Waals surface area contributed by atoms with E-state index in [1.54, 1.807) is 12.3 Å². The van der Waals surface area contributed by atoms with Crippen LogP contribution in [0.25, 0.3) is 0 Å². The van der Waals surface area contributed by atoms with Crippen LogP contribution < -0.4 is 5.32 Å². The van der Waals surface area contributed by atoms with E-state index in [-0.39, 0.29) is 17.9 Å². The largest absolute Gasteiger partial charge is 0.326 e. The molecule has 0 spiro atoms. The Kier molecular flexibility index (Phi) is 6.07. The van der Waals surface area contributed by atoms with Crippen molar-refractivity contribution in [1.29, 1.82) is 0 Å². The fraction of sp³-hybridized carbons (Fsp3) is 0.280. The molecular formula is C25H26N4O2. The van der Waals surface area contributed by atoms with Gasteiger partial charge >= 0.3 is 0 Å². The van der Waals surface area contributed by atoms with Crippen molar-refractivity contribution in [3.63, 3.8) is 0 Å². The molecule has 1 aliphatic carbocycles. The average Bonchev–Trinajstić information content (AvgIpc) is 3.63. The van der Waals surface area contributed by atoms with Crippen LogP contribution in [0.1, 0.15) is 66.1 Å². The quantitative estimate of drug-likeness (QED) is 0.607. The summed E-state index contributed by atoms with van der Waals surface area (Å²) in [4.78, 5) is 35.8. The highest BCUT2D eigenvalue weighted by Crippen LogP contribution is 2.38. The smallest absolute Gasteiger partial charge is 0.273 e. The van der Waals surface area contributed by atoms with Gasteiger partial charge in [0, 0.05) is 31.3 Å². The van der Waals surface area contributed by atoms with Gasteiger partial charge in [-0.2, -0.15) is 0 Å². The van der Waals surface area contributed by atoms with E-state index in [0.717, 1.165) is 29.8 Å². The second-order valence-corrected chi connectivity index (χ2v) is 7.98. The first kappa shape index (κ1) is 20.7. The summed E-state index contributed by atoms with van der Waals surface area (Å²) >= 11 is 0. The number of amides is 2. The van der Waals surface area contributed by atoms with E-state index < -0.39 is 0 Å². The van der Waals surface area contributed by atoms with Gasteiger partial charge in [0.1, 0.15) is 11.5 Å². The number of nitrogens with one attached hydrogen (secondary N) is 1. The summed E-state index contributed by atoms with van der Waals surface area (Å²) in [5.74, 6) is 0.870. The maximum atomic E-state index is 13.6. The fourth-order valence-electron chi connectivity index (χ4n) is 3.60. The molecule has 0 saturated heterocycles. The molecule has 1 N–H and O–H groups in total. The molecule has 31 heavy (non-hydrogen) atoms. The van der Waals surface area contributed by atoms with Crippen molar-refractivity contribution in [3.05, 3.63) is 89.5 Å². The Bertz CT molecular complexity index is 1080. The van der Waals surface area contributed by atoms with Crippen LogP contribution in [0.15, 0.2) is 66.9 Å². The van der Waals surface area contributed by atoms with Crippen LogP contribution in [0.3, 0.4) is 0 Å². The molecule has 1 unspecified atom stereocenters. The normalized spacial score (nSPS) is 14.0. The topological polar surface area (TPSA) is 75.2 Å². The lowest BCUT2D eigenvalue weighted by Gasteiger charge is -2.30. The van der Waals surface area contributed by atoms with Crippen LogP contribution >= 0.6 is 0 Å². The molecule has 158 valence electrons. The van der Waals surface area contributed by atoms with E-state index in [0.29, 0.717) is 23.8 Å². The standard InChI is InChI=1S/C25H26N4O2/c1-17(21-9-6-10-22(15-21)27-18(2)30)29(16-19-7-4-3-5-8-19)25(31)23-13-14-26-24(28-23)20-11-12-20/h3-10,13-15,17,20H,11-12,16H2,1-2H3,(H,27,30). The lowest BCUT2D eigenvalue weighted by molar-refractivity contribution is -0.114. The maximum Gasteiger partial charge on any atom is 0.273 e. The monoisotopic (exact) mass is 414 g/mol. The summed E-state index contributed by atoms with van der Waals surface area (Å²) in [6.07, 6.45) is 3.84. The summed E-state index contributed by atoms with van der Waals surface area (Å²) < 4.78 is 0. The third kappa shape index (κ3) is 5.15. The van der Waals surface area contributed by atoms with Crippen LogP contribution in [-0.2, 0) is 11.3 Å². The number of benzene rings is 2. The highest BCUT2D eigenvalue weighted by molar-refractivity contribution is 5.92. The van der Waals surface area contributed by atoms with Crippen LogP contribution in [0.5, 0.6) is 0 Å². The number of anilines is 1. The van der Waals surface area contributed by atoms with E-state index in [9.17, 15) is 9.59 Å². The second kappa shape index (κ2) is 9.08. The van der Waals surface area contributed by atoms with Gasteiger partial charge in [-0.1, -0.05) is 42.5 Å². The first-order chi connectivity index (χ1) is 15.0. The molecule has 1 atom stereocenters. The van der Waals surface area contributed by atoms with Gasteiger partial charge in [-0.3, -0.25) is 9.59 Å². The molecule has 1 saturated carbocycles. The molecular weight excluding hydrogens is 388 g/mol. The minimum atomic E-state index is -0.222. The number of aromatic nitrogens is 2. The Labute approximate surface area is 182 Å². The zero-order valence-electron chi connectivity index (χ0n) is 17.8. The predicted molar refractivity (Wildman–Crippen MR) is 119 cm³/mol. The number of nitrogens with zero attached hydrogens (tertiary/aromatic N) is 3. The zero-order chi connectivity index (χ0) is 21.8. The minimum Gasteiger partial charge on any atom is -0.326 e. The molecule has 0 radical (unpaired) electrons. The highest BCUT2D eigenvalue weighted by atomic mass is 16.2. The molecule has 2 amide bonds. The number of hydrogen-bond donors (Lipinski definition) is 1. The molecule has 2 aromatic carbocycles. The van der Waals surface area contributed by atoms with E-state index in [1.165, 1.54) is 6.92 Å². The Morgan fingerprint density at radius 1 is 1.10 bits per heavy atom. The first-order valence-electron chi connectivity index (χ1n) is 10.6. The molecule has 1 heterocycles. The molecule has 1 fully saturated rings. The van der Waals surface area contributed by atoms with Gasteiger partial charge in [-0.15, -0.1) is 0 Å². The summed E-state index contributed by atoms with van der Waals surface area (Å²) in [6, 6.07) is 19.0. The second-order valence-electron chi connectivity index (χ2n) is 7.98. The van der Waals surface area contributed by atoms with Crippen molar-refractivity contribution in [2.75, 3.05) is 5.32 Å². The summed E-state index contributed by atoms with van der Waals surface area (Å²) in [6.45, 7) is 3.93. The van der Waals surface area contributed by atoms with Crippen molar-refractivity contribution < 1.29 is 9.59 Å². The van der Waals surface area contributed by atoms with Gasteiger partial charge < -0.3 is 10.2 Å². The Balaban J connectivity index is 1.66. The van der Waals surface area contributed by atoms with Crippen LogP contribution in [0.4, 0.5) is 5.69 Å². The average molecular weight is 415 g/mol. The van der Waals surface area contributed by atoms with Crippen LogP contribution in [0.2, 0.25) is 0 Å². The fourth-order valence-corrected chi connectivity index (χ4v) is 3.60. The third-order valence-corrected chi connectivity index (χ3v) is 5.45. The van der Waals surface area contributed by atoms with Crippen molar-refractivity contribution in [2.24, 2.45) is 0 Å². The third-order valence-electron chi connectivity index (χ3n) is 5.45. The van der Waals surface area contributed by atoms with Gasteiger partial charge in [0.05, 0.1) is 6.04 Å². The van der Waals surface area contributed by atoms with Gasteiger partial charge in [-0.25, -0.2) is 9.97 Å². The SMILES string of the molecule is CC(=O)Nc1cccc(C(C)N(Cc2ccccc2)C(=O)c2ccnc(C3CC3)n2)c1. The first-order valence-corrected chi connectivity index (χ1v) is 10.6. The minimum absolute atomic E-state index is 0.129. The summed E-state index contributed by atoms with van der Waals surface area (Å²) in [5.41, 5.74) is 3.10. The number of carbonyl (C=O) groups excluding carboxylic acids is 2. The lowest BCUT2D eigenvalue weighted by Crippen LogP contribution is -2.34. The van der Waals surface area contributed by atoms with E-state index in [2.05, 4.69) is 15.3 Å². The van der Waals surface area contributed by atoms with Gasteiger partial charge in [0.15, 0.2) is 0 Å². The Hall–Kier alpha value is -3.54. The summed E-state index contributed by atoms with van der Waals surface area (Å²) in [5, 5.41) is 2.81. The number of carbonyl (C=O) groups is 2. The molecule has 0 bridgehead atoms. The molecule has 1 aliphatic rings. The van der Waals surface area contributed by atoms with Crippen molar-refractivity contribution in [1.82, 2.24) is 14.9 Å². The maximum absolute atomic E-state index is 13.6. The number of hydrogen-bond acceptors (Lipinski definition) is 4. The molecule has 6 nitrogen and oxygen atoms in total. The molecule has 1 aromatic heterocycles. The van der Waals surface area contributed by atoms with Crippen molar-refractivity contribution in [2.45, 2.75) is 45.2 Å². The predicted octanol–water partition coefficient (Wildman–Crippen LogP) is 4.72. The van der Waals surface area contributed by atoms with Crippen molar-refractivity contribution >= 4 is 17.5 Å². The Morgan fingerprint density at radius 3 is 2.58 bits per heavy atom. The Morgan fingerprint density at radius 2 is 1.87 bits per heavy atom. The van der Waals surface area contributed by atoms with Gasteiger partial charge in [0.25, 0.3) is 5.91 Å². The number of rotatable bonds is 7. The van der Waals surface area contributed by atoms with E-state index in [4.69, 9.17) is 0 Å². The summed E-state index contributed by atoms with van der Waals surface area (Å²) in [7, 11) is 0. The van der Waals surface area contributed by atoms with Gasteiger partial charge in [-0.05, 0) is 49.1 Å².